The maximum Gasteiger partial charge on any atom is 0.303 e. The van der Waals surface area contributed by atoms with E-state index < -0.39 is 28.1 Å². The minimum atomic E-state index is -3.97. The van der Waals surface area contributed by atoms with Crippen LogP contribution in [0.1, 0.15) is 99.3 Å². The Balaban J connectivity index is 1.40. The molecule has 2 atom stereocenters. The Hall–Kier alpha value is -4.10. The van der Waals surface area contributed by atoms with Crippen LogP contribution in [0.25, 0.3) is 0 Å². The Bertz CT molecular complexity index is 1590. The standard InChI is InChI=1S/C36H49N5O7S/c37-34(38)29-17-14-27(15-18-29)23-39-35(45)32-12-6-20-41(32)36(46)31(22-25-7-2-1-3-8-25)40-49(47,48)24-28-10-4-9-26(21-28)16-19-30(42)11-5-13-33(43)44/h4,9-10,14-15,17-18,21,25,31-32,40H,1-3,5-8,11-13,16,19-20,22-24H2,(H3,37,38)(H,39,45)(H,43,44)/t31-,32+/m1/s1. The summed E-state index contributed by atoms with van der Waals surface area (Å²) < 4.78 is 29.9. The SMILES string of the molecule is N=C(N)c1ccc(CNC(=O)[C@@H]2CCCN2C(=O)[C@@H](CC2CCCCC2)NS(=O)(=O)Cc2cccc(CCC(=O)CCCC(=O)O)c2)cc1. The summed E-state index contributed by atoms with van der Waals surface area (Å²) in [5.41, 5.74) is 8.26. The summed E-state index contributed by atoms with van der Waals surface area (Å²) in [5.74, 6) is -1.83. The Labute approximate surface area is 288 Å². The molecule has 4 rings (SSSR count). The molecule has 266 valence electrons. The van der Waals surface area contributed by atoms with Crippen LogP contribution in [0.2, 0.25) is 0 Å². The quantitative estimate of drug-likeness (QED) is 0.115. The van der Waals surface area contributed by atoms with Crippen LogP contribution >= 0.6 is 0 Å². The fourth-order valence-electron chi connectivity index (χ4n) is 6.77. The van der Waals surface area contributed by atoms with E-state index in [1.54, 1.807) is 42.5 Å². The number of hydrogen-bond donors (Lipinski definition) is 5. The molecule has 1 saturated heterocycles. The maximum atomic E-state index is 14.1. The molecule has 2 aliphatic rings. The average molecular weight is 696 g/mol. The molecule has 0 bridgehead atoms. The number of hydrogen-bond acceptors (Lipinski definition) is 7. The van der Waals surface area contributed by atoms with Crippen molar-refractivity contribution in [2.75, 3.05) is 6.54 Å². The zero-order chi connectivity index (χ0) is 35.4. The summed E-state index contributed by atoms with van der Waals surface area (Å²) in [4.78, 5) is 51.8. The molecule has 0 unspecified atom stereocenters. The van der Waals surface area contributed by atoms with E-state index in [4.69, 9.17) is 16.2 Å². The fourth-order valence-corrected chi connectivity index (χ4v) is 8.10. The third-order valence-electron chi connectivity index (χ3n) is 9.37. The van der Waals surface area contributed by atoms with Crippen molar-refractivity contribution in [1.29, 1.82) is 5.41 Å². The van der Waals surface area contributed by atoms with Gasteiger partial charge >= 0.3 is 5.97 Å². The van der Waals surface area contributed by atoms with Gasteiger partial charge in [-0.3, -0.25) is 24.6 Å². The third-order valence-corrected chi connectivity index (χ3v) is 10.7. The van der Waals surface area contributed by atoms with Crippen molar-refractivity contribution >= 4 is 39.4 Å². The molecule has 49 heavy (non-hydrogen) atoms. The predicted octanol–water partition coefficient (Wildman–Crippen LogP) is 3.79. The molecule has 12 nitrogen and oxygen atoms in total. The predicted molar refractivity (Wildman–Crippen MR) is 186 cm³/mol. The number of rotatable bonds is 18. The van der Waals surface area contributed by atoms with Crippen molar-refractivity contribution in [2.45, 2.75) is 108 Å². The van der Waals surface area contributed by atoms with Crippen LogP contribution in [0.3, 0.4) is 0 Å². The van der Waals surface area contributed by atoms with E-state index in [1.807, 2.05) is 6.07 Å². The summed E-state index contributed by atoms with van der Waals surface area (Å²) in [6, 6.07) is 12.3. The fraction of sp³-hybridized carbons (Fsp3) is 0.528. The lowest BCUT2D eigenvalue weighted by molar-refractivity contribution is -0.140. The molecule has 1 saturated carbocycles. The Morgan fingerprint density at radius 2 is 1.63 bits per heavy atom. The molecule has 2 aromatic rings. The number of carbonyl (C=O) groups excluding carboxylic acids is 3. The zero-order valence-corrected chi connectivity index (χ0v) is 28.8. The number of aliphatic carboxylic acids is 1. The number of carboxylic acid groups (broad SMARTS) is 1. The molecule has 0 radical (unpaired) electrons. The van der Waals surface area contributed by atoms with E-state index in [9.17, 15) is 27.6 Å². The summed E-state index contributed by atoms with van der Waals surface area (Å²) in [6.45, 7) is 0.607. The number of nitrogens with zero attached hydrogens (tertiary/aromatic N) is 1. The molecule has 13 heteroatoms. The van der Waals surface area contributed by atoms with Crippen molar-refractivity contribution in [2.24, 2.45) is 11.7 Å². The number of nitrogen functional groups attached to an aromatic ring is 1. The van der Waals surface area contributed by atoms with Gasteiger partial charge in [0.15, 0.2) is 0 Å². The molecule has 2 fully saturated rings. The van der Waals surface area contributed by atoms with Crippen LogP contribution in [0.5, 0.6) is 0 Å². The van der Waals surface area contributed by atoms with Gasteiger partial charge in [0.1, 0.15) is 23.7 Å². The number of carbonyl (C=O) groups is 4. The molecule has 1 aliphatic heterocycles. The number of nitrogens with two attached hydrogens (primary N) is 1. The van der Waals surface area contributed by atoms with Crippen molar-refractivity contribution in [3.63, 3.8) is 0 Å². The van der Waals surface area contributed by atoms with Gasteiger partial charge in [-0.2, -0.15) is 0 Å². The van der Waals surface area contributed by atoms with Crippen molar-refractivity contribution < 1.29 is 32.7 Å². The summed E-state index contributed by atoms with van der Waals surface area (Å²) in [6.07, 6.45) is 7.62. The van der Waals surface area contributed by atoms with Gasteiger partial charge in [-0.15, -0.1) is 0 Å². The molecule has 0 aromatic heterocycles. The number of nitrogens with one attached hydrogen (secondary N) is 3. The van der Waals surface area contributed by atoms with Gasteiger partial charge in [-0.25, -0.2) is 13.1 Å². The van der Waals surface area contributed by atoms with Crippen LogP contribution in [-0.2, 0) is 47.9 Å². The molecule has 6 N–H and O–H groups in total. The summed E-state index contributed by atoms with van der Waals surface area (Å²) in [7, 11) is -3.97. The summed E-state index contributed by atoms with van der Waals surface area (Å²) >= 11 is 0. The highest BCUT2D eigenvalue weighted by atomic mass is 32.2. The lowest BCUT2D eigenvalue weighted by atomic mass is 9.84. The van der Waals surface area contributed by atoms with E-state index in [-0.39, 0.29) is 60.9 Å². The first-order valence-electron chi connectivity index (χ1n) is 17.2. The third kappa shape index (κ3) is 12.1. The van der Waals surface area contributed by atoms with Gasteiger partial charge in [0.05, 0.1) is 5.75 Å². The van der Waals surface area contributed by atoms with E-state index >= 15 is 0 Å². The smallest absolute Gasteiger partial charge is 0.303 e. The minimum Gasteiger partial charge on any atom is -0.481 e. The van der Waals surface area contributed by atoms with Crippen LogP contribution in [0.15, 0.2) is 48.5 Å². The van der Waals surface area contributed by atoms with Gasteiger partial charge in [0.2, 0.25) is 21.8 Å². The molecule has 1 aliphatic carbocycles. The number of amides is 2. The Morgan fingerprint density at radius 3 is 2.33 bits per heavy atom. The van der Waals surface area contributed by atoms with Gasteiger partial charge < -0.3 is 21.1 Å². The lowest BCUT2D eigenvalue weighted by Crippen LogP contribution is -2.54. The number of carboxylic acids is 1. The van der Waals surface area contributed by atoms with Crippen molar-refractivity contribution in [3.8, 4) is 0 Å². The number of sulfonamides is 1. The molecule has 2 aromatic carbocycles. The van der Waals surface area contributed by atoms with Gasteiger partial charge in [-0.05, 0) is 54.7 Å². The van der Waals surface area contributed by atoms with E-state index in [1.165, 1.54) is 4.90 Å². The highest BCUT2D eigenvalue weighted by Gasteiger charge is 2.39. The maximum absolute atomic E-state index is 14.1. The first kappa shape index (κ1) is 37.7. The second-order valence-corrected chi connectivity index (χ2v) is 15.0. The van der Waals surface area contributed by atoms with E-state index in [0.717, 1.165) is 43.2 Å². The molecule has 0 spiro atoms. The van der Waals surface area contributed by atoms with Crippen molar-refractivity contribution in [1.82, 2.24) is 14.9 Å². The van der Waals surface area contributed by atoms with E-state index in [0.29, 0.717) is 49.8 Å². The molecular formula is C36H49N5O7S. The number of benzene rings is 2. The monoisotopic (exact) mass is 695 g/mol. The summed E-state index contributed by atoms with van der Waals surface area (Å²) in [5, 5.41) is 19.2. The number of amidine groups is 1. The lowest BCUT2D eigenvalue weighted by Gasteiger charge is -2.31. The molecule has 2 amide bonds. The Kier molecular flexibility index (Phi) is 13.9. The average Bonchev–Trinajstić information content (AvgIpc) is 3.56. The number of Topliss-reactive ketones (excluding diaryl/α,β-unsaturated/α-hetero) is 1. The Morgan fingerprint density at radius 1 is 0.918 bits per heavy atom. The second kappa shape index (κ2) is 18.1. The number of ketones is 1. The van der Waals surface area contributed by atoms with Crippen LogP contribution in [0.4, 0.5) is 0 Å². The molecule has 1 heterocycles. The van der Waals surface area contributed by atoms with Crippen molar-refractivity contribution in [3.05, 3.63) is 70.8 Å². The number of aryl methyl sites for hydroxylation is 1. The highest BCUT2D eigenvalue weighted by Crippen LogP contribution is 2.29. The van der Waals surface area contributed by atoms with Gasteiger partial charge in [0, 0.05) is 37.9 Å². The highest BCUT2D eigenvalue weighted by molar-refractivity contribution is 7.88. The van der Waals surface area contributed by atoms with Crippen LogP contribution < -0.4 is 15.8 Å². The minimum absolute atomic E-state index is 0.0396. The number of likely N-dealkylation sites (tertiary alicyclic amines) is 1. The second-order valence-electron chi connectivity index (χ2n) is 13.3. The largest absolute Gasteiger partial charge is 0.481 e. The molecular weight excluding hydrogens is 646 g/mol. The zero-order valence-electron chi connectivity index (χ0n) is 28.0. The van der Waals surface area contributed by atoms with E-state index in [2.05, 4.69) is 10.0 Å². The topological polar surface area (TPSA) is 200 Å². The van der Waals surface area contributed by atoms with Gasteiger partial charge in [0.25, 0.3) is 0 Å². The van der Waals surface area contributed by atoms with Crippen LogP contribution in [0, 0.1) is 11.3 Å². The van der Waals surface area contributed by atoms with Crippen LogP contribution in [-0.4, -0.2) is 66.5 Å². The van der Waals surface area contributed by atoms with Gasteiger partial charge in [-0.1, -0.05) is 80.6 Å². The first-order chi connectivity index (χ1) is 23.4. The first-order valence-corrected chi connectivity index (χ1v) is 18.9. The normalized spacial score (nSPS) is 17.4.